The van der Waals surface area contributed by atoms with E-state index in [-0.39, 0.29) is 6.42 Å². The SMILES string of the molecule is O=C(O)C1(Cc2cc(F)cc(F)c2)CCCC1. The van der Waals surface area contributed by atoms with Crippen LogP contribution in [0.25, 0.3) is 0 Å². The Labute approximate surface area is 98.3 Å². The van der Waals surface area contributed by atoms with E-state index in [0.29, 0.717) is 18.4 Å². The van der Waals surface area contributed by atoms with E-state index in [0.717, 1.165) is 18.9 Å². The van der Waals surface area contributed by atoms with Gasteiger partial charge in [-0.05, 0) is 37.0 Å². The number of carbonyl (C=O) groups is 1. The van der Waals surface area contributed by atoms with Gasteiger partial charge in [0.05, 0.1) is 5.41 Å². The van der Waals surface area contributed by atoms with Crippen molar-refractivity contribution in [2.75, 3.05) is 0 Å². The van der Waals surface area contributed by atoms with Crippen LogP contribution in [0.15, 0.2) is 18.2 Å². The summed E-state index contributed by atoms with van der Waals surface area (Å²) in [6, 6.07) is 3.23. The molecule has 0 atom stereocenters. The highest BCUT2D eigenvalue weighted by atomic mass is 19.1. The predicted molar refractivity (Wildman–Crippen MR) is 58.6 cm³/mol. The minimum atomic E-state index is -0.861. The Morgan fingerprint density at radius 2 is 1.71 bits per heavy atom. The summed E-state index contributed by atoms with van der Waals surface area (Å²) in [5.74, 6) is -2.17. The van der Waals surface area contributed by atoms with E-state index in [4.69, 9.17) is 0 Å². The number of halogens is 2. The highest BCUT2D eigenvalue weighted by molar-refractivity contribution is 5.75. The van der Waals surface area contributed by atoms with Crippen LogP contribution in [-0.4, -0.2) is 11.1 Å². The van der Waals surface area contributed by atoms with Crippen molar-refractivity contribution in [2.45, 2.75) is 32.1 Å². The van der Waals surface area contributed by atoms with Crippen LogP contribution in [-0.2, 0) is 11.2 Å². The summed E-state index contributed by atoms with van der Waals surface area (Å²) < 4.78 is 26.1. The minimum absolute atomic E-state index is 0.205. The first-order valence-electron chi connectivity index (χ1n) is 5.70. The maximum atomic E-state index is 13.0. The molecule has 0 amide bonds. The Kier molecular flexibility index (Phi) is 3.13. The summed E-state index contributed by atoms with van der Waals surface area (Å²) in [6.07, 6.45) is 3.10. The molecule has 0 unspecified atom stereocenters. The first kappa shape index (κ1) is 12.0. The van der Waals surface area contributed by atoms with Gasteiger partial charge in [0.15, 0.2) is 0 Å². The molecular weight excluding hydrogens is 226 g/mol. The molecule has 0 radical (unpaired) electrons. The average molecular weight is 240 g/mol. The van der Waals surface area contributed by atoms with Gasteiger partial charge in [0.2, 0.25) is 0 Å². The summed E-state index contributed by atoms with van der Waals surface area (Å²) in [7, 11) is 0. The van der Waals surface area contributed by atoms with Crippen LogP contribution in [0.1, 0.15) is 31.2 Å². The Morgan fingerprint density at radius 3 is 2.18 bits per heavy atom. The van der Waals surface area contributed by atoms with Crippen molar-refractivity contribution in [1.82, 2.24) is 0 Å². The quantitative estimate of drug-likeness (QED) is 0.881. The molecule has 0 spiro atoms. The van der Waals surface area contributed by atoms with Crippen molar-refractivity contribution in [3.63, 3.8) is 0 Å². The lowest BCUT2D eigenvalue weighted by Gasteiger charge is -2.23. The molecule has 1 fully saturated rings. The molecule has 1 aliphatic rings. The van der Waals surface area contributed by atoms with Crippen molar-refractivity contribution < 1.29 is 18.7 Å². The molecule has 0 bridgehead atoms. The van der Waals surface area contributed by atoms with Crippen LogP contribution < -0.4 is 0 Å². The lowest BCUT2D eigenvalue weighted by atomic mass is 9.80. The van der Waals surface area contributed by atoms with Crippen LogP contribution in [0.3, 0.4) is 0 Å². The smallest absolute Gasteiger partial charge is 0.309 e. The zero-order valence-electron chi connectivity index (χ0n) is 9.38. The molecule has 1 aliphatic carbocycles. The predicted octanol–water partition coefficient (Wildman–Crippen LogP) is 3.15. The molecule has 2 rings (SSSR count). The van der Waals surface area contributed by atoms with Crippen LogP contribution in [0, 0.1) is 17.0 Å². The maximum Gasteiger partial charge on any atom is 0.309 e. The molecule has 17 heavy (non-hydrogen) atoms. The van der Waals surface area contributed by atoms with Gasteiger partial charge in [-0.2, -0.15) is 0 Å². The van der Waals surface area contributed by atoms with E-state index in [9.17, 15) is 18.7 Å². The fourth-order valence-corrected chi connectivity index (χ4v) is 2.62. The first-order chi connectivity index (χ1) is 8.02. The van der Waals surface area contributed by atoms with Gasteiger partial charge in [0, 0.05) is 6.07 Å². The second kappa shape index (κ2) is 4.43. The summed E-state index contributed by atoms with van der Waals surface area (Å²) in [6.45, 7) is 0. The van der Waals surface area contributed by atoms with E-state index >= 15 is 0 Å². The second-order valence-corrected chi connectivity index (χ2v) is 4.75. The number of hydrogen-bond acceptors (Lipinski definition) is 1. The summed E-state index contributed by atoms with van der Waals surface area (Å²) in [5, 5.41) is 9.28. The molecule has 0 saturated heterocycles. The molecule has 1 N–H and O–H groups in total. The van der Waals surface area contributed by atoms with Gasteiger partial charge >= 0.3 is 5.97 Å². The van der Waals surface area contributed by atoms with Gasteiger partial charge in [-0.3, -0.25) is 4.79 Å². The van der Waals surface area contributed by atoms with Gasteiger partial charge in [0.1, 0.15) is 11.6 Å². The Balaban J connectivity index is 2.26. The third kappa shape index (κ3) is 2.46. The average Bonchev–Trinajstić information content (AvgIpc) is 2.65. The number of rotatable bonds is 3. The van der Waals surface area contributed by atoms with E-state index in [1.165, 1.54) is 12.1 Å². The fourth-order valence-electron chi connectivity index (χ4n) is 2.62. The van der Waals surface area contributed by atoms with E-state index < -0.39 is 23.0 Å². The molecule has 92 valence electrons. The number of benzene rings is 1. The molecule has 2 nitrogen and oxygen atoms in total. The van der Waals surface area contributed by atoms with Gasteiger partial charge in [-0.15, -0.1) is 0 Å². The molecule has 0 heterocycles. The summed E-state index contributed by atoms with van der Waals surface area (Å²) in [5.41, 5.74) is -0.410. The Morgan fingerprint density at radius 1 is 1.18 bits per heavy atom. The highest BCUT2D eigenvalue weighted by Crippen LogP contribution is 2.41. The largest absolute Gasteiger partial charge is 0.481 e. The Bertz CT molecular complexity index is 417. The number of hydrogen-bond donors (Lipinski definition) is 1. The fraction of sp³-hybridized carbons (Fsp3) is 0.462. The number of carboxylic acids is 1. The number of carboxylic acid groups (broad SMARTS) is 1. The van der Waals surface area contributed by atoms with Crippen molar-refractivity contribution in [1.29, 1.82) is 0 Å². The second-order valence-electron chi connectivity index (χ2n) is 4.75. The van der Waals surface area contributed by atoms with Crippen molar-refractivity contribution in [3.8, 4) is 0 Å². The van der Waals surface area contributed by atoms with E-state index in [1.807, 2.05) is 0 Å². The topological polar surface area (TPSA) is 37.3 Å². The molecular formula is C13H14F2O2. The van der Waals surface area contributed by atoms with Crippen molar-refractivity contribution in [2.24, 2.45) is 5.41 Å². The molecule has 0 aromatic heterocycles. The standard InChI is InChI=1S/C13H14F2O2/c14-10-5-9(6-11(15)7-10)8-13(12(16)17)3-1-2-4-13/h5-7H,1-4,8H2,(H,16,17). The number of aliphatic carboxylic acids is 1. The molecule has 1 saturated carbocycles. The van der Waals surface area contributed by atoms with Crippen LogP contribution in [0.5, 0.6) is 0 Å². The lowest BCUT2D eigenvalue weighted by molar-refractivity contribution is -0.148. The minimum Gasteiger partial charge on any atom is -0.481 e. The van der Waals surface area contributed by atoms with Gasteiger partial charge in [-0.1, -0.05) is 12.8 Å². The van der Waals surface area contributed by atoms with Crippen LogP contribution in [0.4, 0.5) is 8.78 Å². The van der Waals surface area contributed by atoms with E-state index in [1.54, 1.807) is 0 Å². The molecule has 1 aromatic carbocycles. The maximum absolute atomic E-state index is 13.0. The Hall–Kier alpha value is -1.45. The molecule has 1 aromatic rings. The van der Waals surface area contributed by atoms with Crippen LogP contribution in [0.2, 0.25) is 0 Å². The van der Waals surface area contributed by atoms with Crippen molar-refractivity contribution in [3.05, 3.63) is 35.4 Å². The zero-order valence-corrected chi connectivity index (χ0v) is 9.38. The molecule has 4 heteroatoms. The summed E-state index contributed by atoms with van der Waals surface area (Å²) in [4.78, 5) is 11.3. The first-order valence-corrected chi connectivity index (χ1v) is 5.70. The summed E-state index contributed by atoms with van der Waals surface area (Å²) >= 11 is 0. The van der Waals surface area contributed by atoms with Gasteiger partial charge in [0.25, 0.3) is 0 Å². The van der Waals surface area contributed by atoms with Gasteiger partial charge in [-0.25, -0.2) is 8.78 Å². The molecule has 0 aliphatic heterocycles. The normalized spacial score (nSPS) is 18.2. The highest BCUT2D eigenvalue weighted by Gasteiger charge is 2.41. The van der Waals surface area contributed by atoms with Gasteiger partial charge < -0.3 is 5.11 Å². The monoisotopic (exact) mass is 240 g/mol. The zero-order chi connectivity index (χ0) is 12.5. The van der Waals surface area contributed by atoms with Crippen LogP contribution >= 0.6 is 0 Å². The van der Waals surface area contributed by atoms with Crippen molar-refractivity contribution >= 4 is 5.97 Å². The third-order valence-corrected chi connectivity index (χ3v) is 3.48. The third-order valence-electron chi connectivity index (χ3n) is 3.48. The lowest BCUT2D eigenvalue weighted by Crippen LogP contribution is -2.30. The van der Waals surface area contributed by atoms with E-state index in [2.05, 4.69) is 0 Å².